The lowest BCUT2D eigenvalue weighted by atomic mass is 9.95. The topological polar surface area (TPSA) is 89.9 Å². The summed E-state index contributed by atoms with van der Waals surface area (Å²) in [5.41, 5.74) is 3.00. The van der Waals surface area contributed by atoms with E-state index < -0.39 is 5.97 Å². The number of aliphatic hydroxyl groups is 1. The van der Waals surface area contributed by atoms with Gasteiger partial charge in [0, 0.05) is 24.2 Å². The summed E-state index contributed by atoms with van der Waals surface area (Å²) in [6.07, 6.45) is 7.14. The maximum Gasteiger partial charge on any atom is 0.338 e. The van der Waals surface area contributed by atoms with Crippen LogP contribution >= 0.6 is 0 Å². The molecule has 0 heterocycles. The number of hydrogen-bond donors (Lipinski definition) is 1. The molecule has 1 N–H and O–H groups in total. The van der Waals surface area contributed by atoms with Crippen LogP contribution in [0.2, 0.25) is 0 Å². The molecule has 33 heavy (non-hydrogen) atoms. The molecule has 6 nitrogen and oxygen atoms in total. The van der Waals surface area contributed by atoms with E-state index in [-0.39, 0.29) is 31.4 Å². The van der Waals surface area contributed by atoms with Gasteiger partial charge in [0.25, 0.3) is 0 Å². The molecule has 0 aliphatic rings. The highest BCUT2D eigenvalue weighted by atomic mass is 16.5. The minimum atomic E-state index is -0.469. The number of carbonyl (C=O) groups excluding carboxylic acids is 3. The Kier molecular flexibility index (Phi) is 11.0. The van der Waals surface area contributed by atoms with Crippen LogP contribution < -0.4 is 0 Å². The van der Waals surface area contributed by atoms with E-state index in [1.54, 1.807) is 44.2 Å². The average Bonchev–Trinajstić information content (AvgIpc) is 2.83. The number of ketones is 1. The molecule has 2 rings (SSSR count). The summed E-state index contributed by atoms with van der Waals surface area (Å²) in [5.74, 6) is -0.963. The molecule has 2 aromatic rings. The fourth-order valence-electron chi connectivity index (χ4n) is 3.35. The highest BCUT2D eigenvalue weighted by Crippen LogP contribution is 2.20. The van der Waals surface area contributed by atoms with Crippen LogP contribution in [0.3, 0.4) is 0 Å². The van der Waals surface area contributed by atoms with E-state index in [4.69, 9.17) is 14.6 Å². The first-order chi connectivity index (χ1) is 16.0. The lowest BCUT2D eigenvalue weighted by molar-refractivity contribution is -0.143. The Morgan fingerprint density at radius 2 is 1.64 bits per heavy atom. The summed E-state index contributed by atoms with van der Waals surface area (Å²) >= 11 is 0. The van der Waals surface area contributed by atoms with Gasteiger partial charge in [-0.1, -0.05) is 36.4 Å². The van der Waals surface area contributed by atoms with Crippen molar-refractivity contribution in [3.63, 3.8) is 0 Å². The number of rotatable bonds is 13. The lowest BCUT2D eigenvalue weighted by Gasteiger charge is -2.10. The molecule has 0 aliphatic carbocycles. The molecule has 0 unspecified atom stereocenters. The van der Waals surface area contributed by atoms with Crippen molar-refractivity contribution in [3.8, 4) is 0 Å². The van der Waals surface area contributed by atoms with Gasteiger partial charge in [0.05, 0.1) is 18.8 Å². The van der Waals surface area contributed by atoms with Gasteiger partial charge in [0.2, 0.25) is 0 Å². The zero-order valence-corrected chi connectivity index (χ0v) is 19.3. The van der Waals surface area contributed by atoms with Crippen molar-refractivity contribution < 1.29 is 29.0 Å². The van der Waals surface area contributed by atoms with E-state index in [0.717, 1.165) is 30.4 Å². The number of ether oxygens (including phenoxy) is 2. The van der Waals surface area contributed by atoms with Crippen molar-refractivity contribution >= 4 is 23.8 Å². The number of aliphatic hydroxyl groups excluding tert-OH is 1. The first kappa shape index (κ1) is 26.0. The highest BCUT2D eigenvalue weighted by molar-refractivity contribution is 6.10. The zero-order chi connectivity index (χ0) is 24.1. The fourth-order valence-corrected chi connectivity index (χ4v) is 3.35. The summed E-state index contributed by atoms with van der Waals surface area (Å²) in [7, 11) is 0. The summed E-state index contributed by atoms with van der Waals surface area (Å²) in [5, 5.41) is 8.92. The number of benzene rings is 2. The van der Waals surface area contributed by atoms with E-state index in [9.17, 15) is 14.4 Å². The number of esters is 2. The van der Waals surface area contributed by atoms with Crippen LogP contribution in [0.25, 0.3) is 6.08 Å². The molecule has 0 fully saturated rings. The van der Waals surface area contributed by atoms with Crippen LogP contribution in [-0.4, -0.2) is 42.6 Å². The molecule has 0 bridgehead atoms. The third-order valence-corrected chi connectivity index (χ3v) is 5.02. The summed E-state index contributed by atoms with van der Waals surface area (Å²) in [4.78, 5) is 37.0. The summed E-state index contributed by atoms with van der Waals surface area (Å²) < 4.78 is 10.1. The summed E-state index contributed by atoms with van der Waals surface area (Å²) in [6.45, 7) is 4.25. The maximum absolute atomic E-state index is 13.1. The Labute approximate surface area is 195 Å². The predicted molar refractivity (Wildman–Crippen MR) is 127 cm³/mol. The van der Waals surface area contributed by atoms with Crippen molar-refractivity contribution in [3.05, 3.63) is 76.4 Å². The Hall–Kier alpha value is -3.25. The quantitative estimate of drug-likeness (QED) is 0.268. The van der Waals surface area contributed by atoms with Gasteiger partial charge in [-0.05, 0) is 68.9 Å². The molecule has 0 saturated carbocycles. The van der Waals surface area contributed by atoms with Gasteiger partial charge in [-0.2, -0.15) is 0 Å². The van der Waals surface area contributed by atoms with E-state index in [1.165, 1.54) is 6.07 Å². The molecule has 176 valence electrons. The number of hydrogen-bond acceptors (Lipinski definition) is 6. The Balaban J connectivity index is 2.28. The van der Waals surface area contributed by atoms with Crippen molar-refractivity contribution in [1.29, 1.82) is 0 Å². The van der Waals surface area contributed by atoms with Crippen molar-refractivity contribution in [1.82, 2.24) is 0 Å². The highest BCUT2D eigenvalue weighted by Gasteiger charge is 2.15. The van der Waals surface area contributed by atoms with Gasteiger partial charge < -0.3 is 14.6 Å². The summed E-state index contributed by atoms with van der Waals surface area (Å²) in [6, 6.07) is 11.9. The Bertz CT molecular complexity index is 976. The van der Waals surface area contributed by atoms with Gasteiger partial charge >= 0.3 is 11.9 Å². The van der Waals surface area contributed by atoms with Crippen LogP contribution in [0.1, 0.15) is 76.9 Å². The van der Waals surface area contributed by atoms with E-state index in [1.807, 2.05) is 18.2 Å². The van der Waals surface area contributed by atoms with Gasteiger partial charge in [-0.25, -0.2) is 4.79 Å². The van der Waals surface area contributed by atoms with E-state index >= 15 is 0 Å². The molecule has 0 aromatic heterocycles. The third kappa shape index (κ3) is 8.31. The molecule has 0 atom stereocenters. The van der Waals surface area contributed by atoms with Crippen molar-refractivity contribution in [2.75, 3.05) is 19.8 Å². The van der Waals surface area contributed by atoms with Crippen LogP contribution in [0.5, 0.6) is 0 Å². The Morgan fingerprint density at radius 1 is 0.909 bits per heavy atom. The molecule has 2 aromatic carbocycles. The normalized spacial score (nSPS) is 10.9. The molecule has 0 saturated heterocycles. The fraction of sp³-hybridized carbons (Fsp3) is 0.370. The molecular weight excluding hydrogens is 420 g/mol. The van der Waals surface area contributed by atoms with Crippen LogP contribution in [0, 0.1) is 0 Å². The smallest absolute Gasteiger partial charge is 0.338 e. The molecule has 6 heteroatoms. The van der Waals surface area contributed by atoms with Gasteiger partial charge in [-0.15, -0.1) is 0 Å². The maximum atomic E-state index is 13.1. The minimum absolute atomic E-state index is 0.173. The number of allylic oxidation sites excluding steroid dienone is 1. The van der Waals surface area contributed by atoms with E-state index in [2.05, 4.69) is 0 Å². The van der Waals surface area contributed by atoms with Crippen LogP contribution in [0.15, 0.2) is 48.5 Å². The monoisotopic (exact) mass is 452 g/mol. The first-order valence-electron chi connectivity index (χ1n) is 11.4. The largest absolute Gasteiger partial charge is 0.466 e. The zero-order valence-electron chi connectivity index (χ0n) is 19.3. The Morgan fingerprint density at radius 3 is 2.36 bits per heavy atom. The number of aryl methyl sites for hydroxylation is 1. The lowest BCUT2D eigenvalue weighted by Crippen LogP contribution is -2.09. The first-order valence-corrected chi connectivity index (χ1v) is 11.4. The SMILES string of the molecule is CCOC(=O)CCc1cc(C(=O)c2cccc(C(=O)OCC)c2)ccc1C=CCCCCO. The number of carbonyl (C=O) groups is 3. The molecule has 0 spiro atoms. The van der Waals surface area contributed by atoms with Crippen molar-refractivity contribution in [2.45, 2.75) is 46.0 Å². The van der Waals surface area contributed by atoms with Gasteiger partial charge in [0.1, 0.15) is 0 Å². The molecule has 0 amide bonds. The molecule has 0 radical (unpaired) electrons. The van der Waals surface area contributed by atoms with Crippen LogP contribution in [0.4, 0.5) is 0 Å². The second-order valence-corrected chi connectivity index (χ2v) is 7.47. The van der Waals surface area contributed by atoms with Crippen molar-refractivity contribution in [2.24, 2.45) is 0 Å². The standard InChI is InChI=1S/C27H32O6/c1-3-32-25(29)16-15-21-18-23(14-13-20(21)10-7-5-6-8-17-28)26(30)22-11-9-12-24(19-22)27(31)33-4-2/h7,9-14,18-19,28H,3-6,8,15-17H2,1-2H3. The number of unbranched alkanes of at least 4 members (excludes halogenated alkanes) is 2. The third-order valence-electron chi connectivity index (χ3n) is 5.02. The second kappa shape index (κ2) is 14.0. The van der Waals surface area contributed by atoms with Crippen LogP contribution in [-0.2, 0) is 20.7 Å². The predicted octanol–water partition coefficient (Wildman–Crippen LogP) is 4.77. The minimum Gasteiger partial charge on any atom is -0.466 e. The van der Waals surface area contributed by atoms with E-state index in [0.29, 0.717) is 29.7 Å². The molecule has 0 aliphatic heterocycles. The average molecular weight is 453 g/mol. The second-order valence-electron chi connectivity index (χ2n) is 7.47. The van der Waals surface area contributed by atoms with Gasteiger partial charge in [0.15, 0.2) is 5.78 Å². The van der Waals surface area contributed by atoms with Gasteiger partial charge in [-0.3, -0.25) is 9.59 Å². The molecular formula is C27H32O6.